The van der Waals surface area contributed by atoms with Gasteiger partial charge in [-0.05, 0) is 30.7 Å². The number of rotatable bonds is 6. The molecule has 0 aliphatic rings. The van der Waals surface area contributed by atoms with Gasteiger partial charge in [0.2, 0.25) is 0 Å². The van der Waals surface area contributed by atoms with Gasteiger partial charge in [0, 0.05) is 12.5 Å². The molecule has 3 heterocycles. The summed E-state index contributed by atoms with van der Waals surface area (Å²) in [4.78, 5) is 27.0. The van der Waals surface area contributed by atoms with Crippen LogP contribution in [-0.4, -0.2) is 43.9 Å². The number of furan rings is 1. The summed E-state index contributed by atoms with van der Waals surface area (Å²) in [6.45, 7) is 3.72. The first-order valence-electron chi connectivity index (χ1n) is 9.35. The molecule has 0 bridgehead atoms. The van der Waals surface area contributed by atoms with Crippen LogP contribution in [0.5, 0.6) is 5.75 Å². The lowest BCUT2D eigenvalue weighted by Gasteiger charge is -2.06. The maximum absolute atomic E-state index is 11.0. The van der Waals surface area contributed by atoms with Gasteiger partial charge in [0.1, 0.15) is 18.1 Å². The highest BCUT2D eigenvalue weighted by atomic mass is 16.5. The quantitative estimate of drug-likeness (QED) is 0.427. The van der Waals surface area contributed by atoms with Crippen LogP contribution in [-0.2, 0) is 6.54 Å². The van der Waals surface area contributed by atoms with Gasteiger partial charge in [-0.15, -0.1) is 5.10 Å². The highest BCUT2D eigenvalue weighted by molar-refractivity contribution is 5.92. The summed E-state index contributed by atoms with van der Waals surface area (Å²) in [5.41, 5.74) is 6.90. The van der Waals surface area contributed by atoms with E-state index in [1.807, 2.05) is 13.0 Å². The van der Waals surface area contributed by atoms with Crippen molar-refractivity contribution in [1.29, 1.82) is 0 Å². The van der Waals surface area contributed by atoms with E-state index in [0.29, 0.717) is 35.2 Å². The van der Waals surface area contributed by atoms with Crippen molar-refractivity contribution in [2.45, 2.75) is 20.4 Å². The molecule has 11 heteroatoms. The summed E-state index contributed by atoms with van der Waals surface area (Å²) in [7, 11) is 1.56. The number of Topliss-reactive ketones (excluding diaryl/α,β-unsaturated/α-hetero) is 1. The van der Waals surface area contributed by atoms with E-state index in [1.165, 1.54) is 17.9 Å². The van der Waals surface area contributed by atoms with Crippen LogP contribution in [0.2, 0.25) is 0 Å². The number of ether oxygens (including phenoxy) is 1. The largest absolute Gasteiger partial charge is 0.496 e. The number of nitrogens with two attached hydrogens (primary N) is 1. The van der Waals surface area contributed by atoms with E-state index in [1.54, 1.807) is 31.4 Å². The number of nitrogen functional groups attached to an aromatic ring is 1. The van der Waals surface area contributed by atoms with Gasteiger partial charge in [-0.3, -0.25) is 4.79 Å². The molecular formula is C21H21N5O6. The molecule has 0 saturated heterocycles. The molecule has 4 rings (SSSR count). The van der Waals surface area contributed by atoms with Crippen molar-refractivity contribution in [2.24, 2.45) is 0 Å². The zero-order valence-electron chi connectivity index (χ0n) is 17.6. The van der Waals surface area contributed by atoms with Crippen LogP contribution < -0.4 is 10.5 Å². The van der Waals surface area contributed by atoms with Crippen LogP contribution in [0, 0.1) is 6.92 Å². The monoisotopic (exact) mass is 439 g/mol. The smallest absolute Gasteiger partial charge is 0.358 e. The van der Waals surface area contributed by atoms with Crippen LogP contribution in [0.4, 0.5) is 5.82 Å². The number of hydrogen-bond acceptors (Lipinski definition) is 9. The molecule has 32 heavy (non-hydrogen) atoms. The number of aryl methyl sites for hydroxylation is 1. The second kappa shape index (κ2) is 9.60. The zero-order chi connectivity index (χ0) is 23.3. The SMILES string of the molecule is CC(=O)c1ccc(Cn2ncc(N)n2)o1.COc1cc(-c2ocnc2C(=O)O)ccc1C. The van der Waals surface area contributed by atoms with Crippen LogP contribution in [0.1, 0.15) is 39.3 Å². The fourth-order valence-corrected chi connectivity index (χ4v) is 2.74. The minimum Gasteiger partial charge on any atom is -0.496 e. The molecule has 0 saturated carbocycles. The second-order valence-electron chi connectivity index (χ2n) is 6.64. The predicted octanol–water partition coefficient (Wildman–Crippen LogP) is 3.06. The number of nitrogens with zero attached hydrogens (tertiary/aromatic N) is 4. The number of anilines is 1. The third-order valence-electron chi connectivity index (χ3n) is 4.30. The number of oxazole rings is 1. The van der Waals surface area contributed by atoms with E-state index in [9.17, 15) is 9.59 Å². The topological polar surface area (TPSA) is 160 Å². The van der Waals surface area contributed by atoms with Gasteiger partial charge in [-0.25, -0.2) is 9.78 Å². The van der Waals surface area contributed by atoms with E-state index in [0.717, 1.165) is 12.0 Å². The number of carboxylic acids is 1. The average Bonchev–Trinajstić information content (AvgIpc) is 3.50. The van der Waals surface area contributed by atoms with E-state index in [2.05, 4.69) is 15.2 Å². The molecule has 3 N–H and O–H groups in total. The first kappa shape index (κ1) is 22.3. The molecule has 0 aliphatic carbocycles. The van der Waals surface area contributed by atoms with Crippen LogP contribution in [0.3, 0.4) is 0 Å². The van der Waals surface area contributed by atoms with Gasteiger partial charge in [-0.2, -0.15) is 9.90 Å². The Hall–Kier alpha value is -4.41. The summed E-state index contributed by atoms with van der Waals surface area (Å²) in [5.74, 6) is 1.00. The second-order valence-corrected chi connectivity index (χ2v) is 6.64. The number of benzene rings is 1. The van der Waals surface area contributed by atoms with Crippen molar-refractivity contribution < 1.29 is 28.3 Å². The van der Waals surface area contributed by atoms with Crippen molar-refractivity contribution >= 4 is 17.6 Å². The minimum absolute atomic E-state index is 0.101. The van der Waals surface area contributed by atoms with Crippen LogP contribution >= 0.6 is 0 Å². The summed E-state index contributed by atoms with van der Waals surface area (Å²) in [6, 6.07) is 8.68. The molecule has 0 fully saturated rings. The number of hydrogen-bond donors (Lipinski definition) is 2. The van der Waals surface area contributed by atoms with E-state index in [-0.39, 0.29) is 17.2 Å². The third kappa shape index (κ3) is 5.19. The molecule has 0 unspecified atom stereocenters. The summed E-state index contributed by atoms with van der Waals surface area (Å²) >= 11 is 0. The average molecular weight is 439 g/mol. The molecule has 166 valence electrons. The van der Waals surface area contributed by atoms with Gasteiger partial charge >= 0.3 is 5.97 Å². The lowest BCUT2D eigenvalue weighted by Crippen LogP contribution is -2.03. The number of carbonyl (C=O) groups excluding carboxylic acids is 1. The molecule has 3 aromatic heterocycles. The maximum Gasteiger partial charge on any atom is 0.358 e. The maximum atomic E-state index is 11.0. The number of ketones is 1. The number of carboxylic acid groups (broad SMARTS) is 1. The van der Waals surface area contributed by atoms with Crippen molar-refractivity contribution in [2.75, 3.05) is 12.8 Å². The fraction of sp³-hybridized carbons (Fsp3) is 0.190. The molecule has 1 aromatic carbocycles. The highest BCUT2D eigenvalue weighted by Crippen LogP contribution is 2.28. The zero-order valence-corrected chi connectivity index (χ0v) is 17.6. The van der Waals surface area contributed by atoms with Gasteiger partial charge < -0.3 is 24.4 Å². The lowest BCUT2D eigenvalue weighted by molar-refractivity contribution is 0.0691. The molecule has 0 spiro atoms. The Bertz CT molecular complexity index is 1240. The first-order valence-corrected chi connectivity index (χ1v) is 9.35. The summed E-state index contributed by atoms with van der Waals surface area (Å²) in [6.07, 6.45) is 2.57. The molecule has 0 aliphatic heterocycles. The molecule has 11 nitrogen and oxygen atoms in total. The Kier molecular flexibility index (Phi) is 6.68. The van der Waals surface area contributed by atoms with Gasteiger partial charge in [0.15, 0.2) is 35.2 Å². The normalized spacial score (nSPS) is 10.3. The number of carbonyl (C=O) groups is 2. The third-order valence-corrected chi connectivity index (χ3v) is 4.30. The molecule has 0 amide bonds. The van der Waals surface area contributed by atoms with Crippen molar-refractivity contribution in [3.05, 3.63) is 65.7 Å². The number of methoxy groups -OCH3 is 1. The summed E-state index contributed by atoms with van der Waals surface area (Å²) < 4.78 is 15.5. The standard InChI is InChI=1S/C12H11NO4.C9H10N4O2/c1-7-3-4-8(5-9(7)16-2)11-10(12(14)15)13-6-17-11;1-6(14)8-3-2-7(15-8)5-13-11-4-9(10)12-13/h3-6H,1-2H3,(H,14,15);2-4H,5H2,1H3,(H2,10,12). The first-order chi connectivity index (χ1) is 15.3. The fourth-order valence-electron chi connectivity index (χ4n) is 2.74. The van der Waals surface area contributed by atoms with Crippen LogP contribution in [0.15, 0.2) is 51.8 Å². The highest BCUT2D eigenvalue weighted by Gasteiger charge is 2.18. The lowest BCUT2D eigenvalue weighted by atomic mass is 10.1. The van der Waals surface area contributed by atoms with Crippen molar-refractivity contribution in [3.8, 4) is 17.1 Å². The molecular weight excluding hydrogens is 418 g/mol. The van der Waals surface area contributed by atoms with Gasteiger partial charge in [0.05, 0.1) is 13.3 Å². The summed E-state index contributed by atoms with van der Waals surface area (Å²) in [5, 5.41) is 16.7. The van der Waals surface area contributed by atoms with Crippen molar-refractivity contribution in [3.63, 3.8) is 0 Å². The number of aromatic nitrogens is 4. The Labute approximate surface area is 182 Å². The van der Waals surface area contributed by atoms with Crippen LogP contribution in [0.25, 0.3) is 11.3 Å². The Morgan fingerprint density at radius 3 is 2.62 bits per heavy atom. The predicted molar refractivity (Wildman–Crippen MR) is 112 cm³/mol. The Morgan fingerprint density at radius 1 is 1.25 bits per heavy atom. The molecule has 0 radical (unpaired) electrons. The molecule has 0 atom stereocenters. The minimum atomic E-state index is -1.12. The van der Waals surface area contributed by atoms with Crippen molar-refractivity contribution in [1.82, 2.24) is 20.0 Å². The van der Waals surface area contributed by atoms with E-state index < -0.39 is 5.97 Å². The Balaban J connectivity index is 0.000000182. The number of aromatic carboxylic acids is 1. The van der Waals surface area contributed by atoms with E-state index >= 15 is 0 Å². The van der Waals surface area contributed by atoms with Gasteiger partial charge in [-0.1, -0.05) is 12.1 Å². The van der Waals surface area contributed by atoms with E-state index in [4.69, 9.17) is 24.4 Å². The van der Waals surface area contributed by atoms with Gasteiger partial charge in [0.25, 0.3) is 0 Å². The Morgan fingerprint density at radius 2 is 2.03 bits per heavy atom. The molecule has 4 aromatic rings.